The molecule has 124 valence electrons. The molecule has 0 saturated heterocycles. The summed E-state index contributed by atoms with van der Waals surface area (Å²) in [6.07, 6.45) is 1.66. The highest BCUT2D eigenvalue weighted by Crippen LogP contribution is 2.26. The number of carbonyl (C=O) groups is 1. The lowest BCUT2D eigenvalue weighted by Gasteiger charge is -2.11. The van der Waals surface area contributed by atoms with Crippen LogP contribution in [0.1, 0.15) is 22.5 Å². The van der Waals surface area contributed by atoms with Crippen molar-refractivity contribution in [2.45, 2.75) is 20.8 Å². The summed E-state index contributed by atoms with van der Waals surface area (Å²) in [5, 5.41) is 9.28. The number of benzene rings is 1. The third-order valence-electron chi connectivity index (χ3n) is 3.93. The van der Waals surface area contributed by atoms with Crippen LogP contribution in [0.4, 0.5) is 0 Å². The summed E-state index contributed by atoms with van der Waals surface area (Å²) in [4.78, 5) is 13.5. The van der Waals surface area contributed by atoms with Crippen LogP contribution in [-0.4, -0.2) is 29.5 Å². The van der Waals surface area contributed by atoms with Crippen LogP contribution >= 0.6 is 15.9 Å². The highest BCUT2D eigenvalue weighted by molar-refractivity contribution is 9.10. The Hall–Kier alpha value is -2.32. The van der Waals surface area contributed by atoms with Gasteiger partial charge in [-0.1, -0.05) is 15.9 Å². The van der Waals surface area contributed by atoms with E-state index in [1.165, 1.54) is 4.90 Å². The zero-order valence-corrected chi connectivity index (χ0v) is 16.1. The van der Waals surface area contributed by atoms with Gasteiger partial charge in [-0.3, -0.25) is 4.79 Å². The number of carbonyl (C=O) groups excluding carboxylic acids is 1. The molecule has 1 amide bonds. The topological polar surface area (TPSA) is 49.0 Å². The second kappa shape index (κ2) is 7.06. The molecule has 0 aliphatic heterocycles. The third kappa shape index (κ3) is 3.44. The Morgan fingerprint density at radius 1 is 1.25 bits per heavy atom. The van der Waals surface area contributed by atoms with E-state index in [-0.39, 0.29) is 11.5 Å². The van der Waals surface area contributed by atoms with Crippen molar-refractivity contribution in [3.63, 3.8) is 0 Å². The van der Waals surface area contributed by atoms with Crippen LogP contribution in [-0.2, 0) is 4.79 Å². The predicted molar refractivity (Wildman–Crippen MR) is 100.0 cm³/mol. The minimum Gasteiger partial charge on any atom is -0.344 e. The molecule has 0 saturated carbocycles. The molecule has 0 atom stereocenters. The Kier molecular flexibility index (Phi) is 5.30. The van der Waals surface area contributed by atoms with Gasteiger partial charge in [-0.2, -0.15) is 5.26 Å². The summed E-state index contributed by atoms with van der Waals surface area (Å²) >= 11 is 3.52. The Balaban J connectivity index is 2.55. The lowest BCUT2D eigenvalue weighted by atomic mass is 10.1. The average molecular weight is 386 g/mol. The van der Waals surface area contributed by atoms with Gasteiger partial charge in [-0.05, 0) is 62.2 Å². The fraction of sp³-hybridized carbons (Fsp3) is 0.263. The minimum atomic E-state index is -0.290. The van der Waals surface area contributed by atoms with Crippen molar-refractivity contribution in [1.29, 1.82) is 5.26 Å². The first-order chi connectivity index (χ1) is 11.3. The van der Waals surface area contributed by atoms with E-state index < -0.39 is 0 Å². The molecule has 0 aliphatic rings. The van der Waals surface area contributed by atoms with Gasteiger partial charge in [0.2, 0.25) is 0 Å². The van der Waals surface area contributed by atoms with Crippen LogP contribution < -0.4 is 0 Å². The fourth-order valence-electron chi connectivity index (χ4n) is 2.64. The van der Waals surface area contributed by atoms with Crippen molar-refractivity contribution in [2.24, 2.45) is 0 Å². The van der Waals surface area contributed by atoms with Gasteiger partial charge in [0.25, 0.3) is 5.91 Å². The average Bonchev–Trinajstić information content (AvgIpc) is 2.81. The molecule has 1 aromatic heterocycles. The summed E-state index contributed by atoms with van der Waals surface area (Å²) in [6.45, 7) is 6.05. The second-order valence-electron chi connectivity index (χ2n) is 5.96. The molecule has 0 N–H and O–H groups in total. The number of hydrogen-bond acceptors (Lipinski definition) is 2. The zero-order chi connectivity index (χ0) is 18.0. The largest absolute Gasteiger partial charge is 0.344 e. The van der Waals surface area contributed by atoms with Gasteiger partial charge in [-0.25, -0.2) is 0 Å². The summed E-state index contributed by atoms with van der Waals surface area (Å²) in [5.41, 5.74) is 5.26. The van der Waals surface area contributed by atoms with Crippen LogP contribution in [0.3, 0.4) is 0 Å². The molecule has 2 aromatic rings. The molecule has 0 bridgehead atoms. The molecule has 1 aromatic carbocycles. The minimum absolute atomic E-state index is 0.132. The molecule has 0 radical (unpaired) electrons. The molecule has 0 fully saturated rings. The lowest BCUT2D eigenvalue weighted by molar-refractivity contribution is -0.124. The Morgan fingerprint density at radius 2 is 1.92 bits per heavy atom. The molecule has 1 heterocycles. The maximum absolute atomic E-state index is 12.1. The molecule has 0 unspecified atom stereocenters. The van der Waals surface area contributed by atoms with Crippen LogP contribution in [0.15, 0.2) is 34.3 Å². The third-order valence-corrected chi connectivity index (χ3v) is 4.82. The maximum atomic E-state index is 12.1. The predicted octanol–water partition coefficient (Wildman–Crippen LogP) is 4.16. The van der Waals surface area contributed by atoms with Crippen LogP contribution in [0.5, 0.6) is 0 Å². The second-order valence-corrected chi connectivity index (χ2v) is 6.82. The number of likely N-dealkylation sites (N-methyl/N-ethyl adjacent to an activating group) is 1. The Labute approximate surface area is 151 Å². The standard InChI is InChI=1S/C19H20BrN3O/c1-12-8-17(6-7-18(12)20)23-13(2)9-15(14(23)3)10-16(11-21)19(24)22(4)5/h6-10H,1-5H3/b16-10-. The number of halogens is 1. The number of rotatable bonds is 3. The van der Waals surface area contributed by atoms with Gasteiger partial charge in [0.1, 0.15) is 11.6 Å². The monoisotopic (exact) mass is 385 g/mol. The molecule has 2 rings (SSSR count). The first kappa shape index (κ1) is 18.0. The number of amides is 1. The van der Waals surface area contributed by atoms with Crippen LogP contribution in [0.25, 0.3) is 11.8 Å². The molecule has 5 heteroatoms. The first-order valence-corrected chi connectivity index (χ1v) is 8.34. The summed E-state index contributed by atoms with van der Waals surface area (Å²) in [6, 6.07) is 10.2. The summed E-state index contributed by atoms with van der Waals surface area (Å²) in [7, 11) is 3.28. The number of aromatic nitrogens is 1. The van der Waals surface area contributed by atoms with Gasteiger partial charge >= 0.3 is 0 Å². The smallest absolute Gasteiger partial charge is 0.264 e. The fourth-order valence-corrected chi connectivity index (χ4v) is 2.88. The first-order valence-electron chi connectivity index (χ1n) is 7.55. The molecule has 24 heavy (non-hydrogen) atoms. The van der Waals surface area contributed by atoms with E-state index in [1.54, 1.807) is 20.2 Å². The molecular weight excluding hydrogens is 366 g/mol. The number of aryl methyl sites for hydroxylation is 2. The summed E-state index contributed by atoms with van der Waals surface area (Å²) < 4.78 is 3.19. The number of hydrogen-bond donors (Lipinski definition) is 0. The Morgan fingerprint density at radius 3 is 2.46 bits per heavy atom. The van der Waals surface area contributed by atoms with E-state index in [9.17, 15) is 10.1 Å². The van der Waals surface area contributed by atoms with E-state index in [4.69, 9.17) is 0 Å². The SMILES string of the molecule is Cc1cc(-n2c(C)cc(/C=C(/C#N)C(=O)N(C)C)c2C)ccc1Br. The van der Waals surface area contributed by atoms with Gasteiger partial charge in [-0.15, -0.1) is 0 Å². The lowest BCUT2D eigenvalue weighted by Crippen LogP contribution is -2.22. The number of nitriles is 1. The quantitative estimate of drug-likeness (QED) is 0.588. The number of nitrogens with zero attached hydrogens (tertiary/aromatic N) is 3. The van der Waals surface area contributed by atoms with Gasteiger partial charge in [0, 0.05) is 35.6 Å². The van der Waals surface area contributed by atoms with Gasteiger partial charge in [0.05, 0.1) is 0 Å². The highest BCUT2D eigenvalue weighted by Gasteiger charge is 2.15. The van der Waals surface area contributed by atoms with Crippen molar-refractivity contribution < 1.29 is 4.79 Å². The van der Waals surface area contributed by atoms with Crippen LogP contribution in [0.2, 0.25) is 0 Å². The van der Waals surface area contributed by atoms with Crippen molar-refractivity contribution >= 4 is 27.9 Å². The van der Waals surface area contributed by atoms with E-state index in [0.717, 1.165) is 32.7 Å². The zero-order valence-electron chi connectivity index (χ0n) is 14.5. The van der Waals surface area contributed by atoms with Gasteiger partial charge in [0.15, 0.2) is 0 Å². The van der Waals surface area contributed by atoms with E-state index in [2.05, 4.69) is 26.6 Å². The van der Waals surface area contributed by atoms with Crippen molar-refractivity contribution in [1.82, 2.24) is 9.47 Å². The van der Waals surface area contributed by atoms with E-state index in [1.807, 2.05) is 45.0 Å². The molecule has 4 nitrogen and oxygen atoms in total. The van der Waals surface area contributed by atoms with E-state index >= 15 is 0 Å². The highest BCUT2D eigenvalue weighted by atomic mass is 79.9. The van der Waals surface area contributed by atoms with Crippen molar-refractivity contribution in [3.8, 4) is 11.8 Å². The van der Waals surface area contributed by atoms with Crippen LogP contribution in [0, 0.1) is 32.1 Å². The normalized spacial score (nSPS) is 11.3. The Bertz CT molecular complexity index is 869. The van der Waals surface area contributed by atoms with Crippen molar-refractivity contribution in [2.75, 3.05) is 14.1 Å². The molecule has 0 spiro atoms. The summed E-state index contributed by atoms with van der Waals surface area (Å²) in [5.74, 6) is -0.290. The van der Waals surface area contributed by atoms with Gasteiger partial charge < -0.3 is 9.47 Å². The van der Waals surface area contributed by atoms with Crippen molar-refractivity contribution in [3.05, 3.63) is 56.8 Å². The van der Waals surface area contributed by atoms with E-state index in [0.29, 0.717) is 0 Å². The molecule has 0 aliphatic carbocycles. The molecular formula is C19H20BrN3O. The maximum Gasteiger partial charge on any atom is 0.264 e.